The second kappa shape index (κ2) is 5.16. The van der Waals surface area contributed by atoms with E-state index in [9.17, 15) is 0 Å². The molecule has 1 aromatic rings. The SMILES string of the molecule is CCCc1cc(C)ccc1CN(C)C. The van der Waals surface area contributed by atoms with Gasteiger partial charge in [-0.25, -0.2) is 0 Å². The van der Waals surface area contributed by atoms with Gasteiger partial charge < -0.3 is 4.90 Å². The predicted molar refractivity (Wildman–Crippen MR) is 62.6 cm³/mol. The van der Waals surface area contributed by atoms with E-state index in [0.717, 1.165) is 6.54 Å². The van der Waals surface area contributed by atoms with Crippen LogP contribution in [0.2, 0.25) is 0 Å². The lowest BCUT2D eigenvalue weighted by atomic mass is 10.0. The standard InChI is InChI=1S/C13H21N/c1-5-6-12-9-11(2)7-8-13(12)10-14(3)4/h7-9H,5-6,10H2,1-4H3. The molecular weight excluding hydrogens is 170 g/mol. The monoisotopic (exact) mass is 191 g/mol. The Hall–Kier alpha value is -0.820. The molecule has 0 amide bonds. The molecule has 0 bridgehead atoms. The van der Waals surface area contributed by atoms with Gasteiger partial charge in [-0.2, -0.15) is 0 Å². The zero-order valence-electron chi connectivity index (χ0n) is 9.80. The summed E-state index contributed by atoms with van der Waals surface area (Å²) < 4.78 is 0. The Morgan fingerprint density at radius 3 is 2.43 bits per heavy atom. The molecule has 0 saturated carbocycles. The van der Waals surface area contributed by atoms with Crippen molar-refractivity contribution in [1.29, 1.82) is 0 Å². The third-order valence-corrected chi connectivity index (χ3v) is 2.37. The van der Waals surface area contributed by atoms with Crippen LogP contribution in [0, 0.1) is 6.92 Å². The zero-order chi connectivity index (χ0) is 10.6. The third kappa shape index (κ3) is 3.15. The first-order valence-corrected chi connectivity index (χ1v) is 5.36. The molecular formula is C13H21N. The van der Waals surface area contributed by atoms with E-state index in [-0.39, 0.29) is 0 Å². The fourth-order valence-corrected chi connectivity index (χ4v) is 1.75. The van der Waals surface area contributed by atoms with E-state index in [1.807, 2.05) is 0 Å². The average Bonchev–Trinajstić information content (AvgIpc) is 2.09. The van der Waals surface area contributed by atoms with E-state index < -0.39 is 0 Å². The number of rotatable bonds is 4. The van der Waals surface area contributed by atoms with Crippen molar-refractivity contribution in [3.8, 4) is 0 Å². The summed E-state index contributed by atoms with van der Waals surface area (Å²) in [4.78, 5) is 2.23. The number of aryl methyl sites for hydroxylation is 2. The molecule has 0 spiro atoms. The van der Waals surface area contributed by atoms with Crippen LogP contribution in [0.4, 0.5) is 0 Å². The fourth-order valence-electron chi connectivity index (χ4n) is 1.75. The van der Waals surface area contributed by atoms with Gasteiger partial charge in [0.1, 0.15) is 0 Å². The van der Waals surface area contributed by atoms with Crippen LogP contribution in [-0.2, 0) is 13.0 Å². The van der Waals surface area contributed by atoms with E-state index in [0.29, 0.717) is 0 Å². The van der Waals surface area contributed by atoms with Crippen LogP contribution in [-0.4, -0.2) is 19.0 Å². The van der Waals surface area contributed by atoms with Crippen LogP contribution in [0.1, 0.15) is 30.0 Å². The molecule has 0 heterocycles. The first-order valence-electron chi connectivity index (χ1n) is 5.36. The Balaban J connectivity index is 2.89. The van der Waals surface area contributed by atoms with Gasteiger partial charge in [-0.15, -0.1) is 0 Å². The van der Waals surface area contributed by atoms with Crippen molar-refractivity contribution < 1.29 is 0 Å². The van der Waals surface area contributed by atoms with E-state index in [1.165, 1.54) is 29.5 Å². The molecule has 1 nitrogen and oxygen atoms in total. The largest absolute Gasteiger partial charge is 0.305 e. The first kappa shape index (κ1) is 11.3. The van der Waals surface area contributed by atoms with Crippen LogP contribution in [0.15, 0.2) is 18.2 Å². The van der Waals surface area contributed by atoms with Gasteiger partial charge in [0.25, 0.3) is 0 Å². The molecule has 0 N–H and O–H groups in total. The molecule has 0 aliphatic carbocycles. The Kier molecular flexibility index (Phi) is 4.15. The minimum Gasteiger partial charge on any atom is -0.305 e. The minimum absolute atomic E-state index is 1.05. The second-order valence-corrected chi connectivity index (χ2v) is 4.26. The van der Waals surface area contributed by atoms with Gasteiger partial charge in [0.05, 0.1) is 0 Å². The highest BCUT2D eigenvalue weighted by atomic mass is 15.0. The Morgan fingerprint density at radius 2 is 1.86 bits per heavy atom. The van der Waals surface area contributed by atoms with Crippen molar-refractivity contribution in [1.82, 2.24) is 4.90 Å². The summed E-state index contributed by atoms with van der Waals surface area (Å²) in [6.45, 7) is 5.45. The number of hydrogen-bond acceptors (Lipinski definition) is 1. The van der Waals surface area contributed by atoms with E-state index in [2.05, 4.69) is 51.0 Å². The van der Waals surface area contributed by atoms with Crippen LogP contribution < -0.4 is 0 Å². The van der Waals surface area contributed by atoms with E-state index in [1.54, 1.807) is 0 Å². The lowest BCUT2D eigenvalue weighted by molar-refractivity contribution is 0.401. The molecule has 1 aromatic carbocycles. The molecule has 14 heavy (non-hydrogen) atoms. The quantitative estimate of drug-likeness (QED) is 0.707. The highest BCUT2D eigenvalue weighted by Gasteiger charge is 2.02. The van der Waals surface area contributed by atoms with Crippen molar-refractivity contribution in [3.63, 3.8) is 0 Å². The van der Waals surface area contributed by atoms with Crippen molar-refractivity contribution in [2.24, 2.45) is 0 Å². The Labute approximate surface area is 87.7 Å². The highest BCUT2D eigenvalue weighted by Crippen LogP contribution is 2.15. The zero-order valence-corrected chi connectivity index (χ0v) is 9.80. The van der Waals surface area contributed by atoms with Gasteiger partial charge in [-0.3, -0.25) is 0 Å². The Morgan fingerprint density at radius 1 is 1.14 bits per heavy atom. The third-order valence-electron chi connectivity index (χ3n) is 2.37. The van der Waals surface area contributed by atoms with E-state index >= 15 is 0 Å². The topological polar surface area (TPSA) is 3.24 Å². The van der Waals surface area contributed by atoms with Gasteiger partial charge in [0, 0.05) is 6.54 Å². The lowest BCUT2D eigenvalue weighted by Crippen LogP contribution is -2.12. The van der Waals surface area contributed by atoms with Gasteiger partial charge >= 0.3 is 0 Å². The Bertz CT molecular complexity index is 289. The van der Waals surface area contributed by atoms with E-state index in [4.69, 9.17) is 0 Å². The number of hydrogen-bond donors (Lipinski definition) is 0. The van der Waals surface area contributed by atoms with Crippen molar-refractivity contribution in [2.45, 2.75) is 33.2 Å². The molecule has 0 aliphatic rings. The number of nitrogens with zero attached hydrogens (tertiary/aromatic N) is 1. The normalized spacial score (nSPS) is 10.9. The summed E-state index contributed by atoms with van der Waals surface area (Å²) in [6, 6.07) is 6.79. The van der Waals surface area contributed by atoms with Crippen LogP contribution in [0.3, 0.4) is 0 Å². The summed E-state index contributed by atoms with van der Waals surface area (Å²) >= 11 is 0. The molecule has 0 atom stereocenters. The fraction of sp³-hybridized carbons (Fsp3) is 0.538. The van der Waals surface area contributed by atoms with Crippen molar-refractivity contribution in [3.05, 3.63) is 34.9 Å². The summed E-state index contributed by atoms with van der Waals surface area (Å²) in [5, 5.41) is 0. The first-order chi connectivity index (χ1) is 6.63. The molecule has 1 rings (SSSR count). The van der Waals surface area contributed by atoms with Gasteiger partial charge in [-0.1, -0.05) is 37.1 Å². The maximum absolute atomic E-state index is 2.32. The maximum Gasteiger partial charge on any atom is 0.0230 e. The van der Waals surface area contributed by atoms with Gasteiger partial charge in [0.15, 0.2) is 0 Å². The van der Waals surface area contributed by atoms with Gasteiger partial charge in [0.2, 0.25) is 0 Å². The predicted octanol–water partition coefficient (Wildman–Crippen LogP) is 3.01. The summed E-state index contributed by atoms with van der Waals surface area (Å²) in [6.07, 6.45) is 2.43. The smallest absolute Gasteiger partial charge is 0.0230 e. The molecule has 0 saturated heterocycles. The second-order valence-electron chi connectivity index (χ2n) is 4.26. The van der Waals surface area contributed by atoms with Crippen LogP contribution in [0.25, 0.3) is 0 Å². The summed E-state index contributed by atoms with van der Waals surface area (Å²) in [7, 11) is 4.24. The molecule has 0 aliphatic heterocycles. The number of benzene rings is 1. The lowest BCUT2D eigenvalue weighted by Gasteiger charge is -2.14. The average molecular weight is 191 g/mol. The van der Waals surface area contributed by atoms with Crippen LogP contribution >= 0.6 is 0 Å². The highest BCUT2D eigenvalue weighted by molar-refractivity contribution is 5.31. The maximum atomic E-state index is 2.32. The van der Waals surface area contributed by atoms with Gasteiger partial charge in [-0.05, 0) is 38.6 Å². The summed E-state index contributed by atoms with van der Waals surface area (Å²) in [5.41, 5.74) is 4.36. The van der Waals surface area contributed by atoms with Crippen molar-refractivity contribution in [2.75, 3.05) is 14.1 Å². The molecule has 1 heteroatoms. The molecule has 0 fully saturated rings. The summed E-state index contributed by atoms with van der Waals surface area (Å²) in [5.74, 6) is 0. The van der Waals surface area contributed by atoms with Crippen molar-refractivity contribution >= 4 is 0 Å². The molecule has 0 aromatic heterocycles. The molecule has 78 valence electrons. The minimum atomic E-state index is 1.05. The molecule has 0 radical (unpaired) electrons. The molecule has 0 unspecified atom stereocenters. The van der Waals surface area contributed by atoms with Crippen LogP contribution in [0.5, 0.6) is 0 Å².